The highest BCUT2D eigenvalue weighted by Gasteiger charge is 2.42. The molecule has 1 aliphatic carbocycles. The minimum atomic E-state index is -2.58. The van der Waals surface area contributed by atoms with Gasteiger partial charge in [0.2, 0.25) is 5.92 Å². The van der Waals surface area contributed by atoms with Crippen molar-refractivity contribution in [1.82, 2.24) is 0 Å². The van der Waals surface area contributed by atoms with E-state index in [4.69, 9.17) is 22.1 Å². The zero-order valence-corrected chi connectivity index (χ0v) is 10.9. The van der Waals surface area contributed by atoms with Crippen molar-refractivity contribution in [3.63, 3.8) is 0 Å². The van der Waals surface area contributed by atoms with Gasteiger partial charge >= 0.3 is 0 Å². The van der Waals surface area contributed by atoms with Gasteiger partial charge in [-0.15, -0.1) is 0 Å². The molecule has 0 radical (unpaired) electrons. The Morgan fingerprint density at radius 3 is 2.39 bits per heavy atom. The topological polar surface area (TPSA) is 35.2 Å². The minimum Gasteiger partial charge on any atom is -0.495 e. The number of hydrogen-bond donors (Lipinski definition) is 1. The molecule has 100 valence electrons. The first kappa shape index (κ1) is 13.6. The molecule has 0 amide bonds. The van der Waals surface area contributed by atoms with Gasteiger partial charge in [-0.1, -0.05) is 17.7 Å². The number of benzene rings is 1. The molecule has 2 nitrogen and oxygen atoms in total. The smallest absolute Gasteiger partial charge is 0.248 e. The Hall–Kier alpha value is -0.870. The van der Waals surface area contributed by atoms with Crippen molar-refractivity contribution in [3.05, 3.63) is 28.8 Å². The summed E-state index contributed by atoms with van der Waals surface area (Å²) in [4.78, 5) is 0. The first-order valence-electron chi connectivity index (χ1n) is 5.87. The lowest BCUT2D eigenvalue weighted by Crippen LogP contribution is -2.43. The zero-order chi connectivity index (χ0) is 13.4. The molecule has 0 heterocycles. The van der Waals surface area contributed by atoms with Crippen LogP contribution >= 0.6 is 11.6 Å². The molecule has 1 aromatic carbocycles. The van der Waals surface area contributed by atoms with Crippen LogP contribution in [0, 0.1) is 0 Å². The van der Waals surface area contributed by atoms with Crippen LogP contribution in [-0.2, 0) is 5.54 Å². The van der Waals surface area contributed by atoms with Crippen molar-refractivity contribution < 1.29 is 13.5 Å². The molecule has 2 N–H and O–H groups in total. The number of rotatable bonds is 2. The number of methoxy groups -OCH3 is 1. The fourth-order valence-electron chi connectivity index (χ4n) is 2.32. The van der Waals surface area contributed by atoms with Crippen LogP contribution < -0.4 is 10.5 Å². The van der Waals surface area contributed by atoms with Crippen LogP contribution in [0.5, 0.6) is 5.75 Å². The van der Waals surface area contributed by atoms with Gasteiger partial charge in [0.25, 0.3) is 0 Å². The standard InChI is InChI=1S/C13H16ClF2NO/c1-18-11-8-9(2-3-10(11)14)12(17)4-6-13(15,16)7-5-12/h2-3,8H,4-7,17H2,1H3. The van der Waals surface area contributed by atoms with Crippen LogP contribution in [-0.4, -0.2) is 13.0 Å². The Bertz CT molecular complexity index is 441. The number of alkyl halides is 2. The Morgan fingerprint density at radius 1 is 1.22 bits per heavy atom. The van der Waals surface area contributed by atoms with Gasteiger partial charge in [0, 0.05) is 18.4 Å². The van der Waals surface area contributed by atoms with Crippen molar-refractivity contribution in [1.29, 1.82) is 0 Å². The lowest BCUT2D eigenvalue weighted by atomic mass is 9.76. The fourth-order valence-corrected chi connectivity index (χ4v) is 2.51. The molecular weight excluding hydrogens is 260 g/mol. The third-order valence-corrected chi connectivity index (χ3v) is 3.91. The van der Waals surface area contributed by atoms with E-state index < -0.39 is 11.5 Å². The zero-order valence-electron chi connectivity index (χ0n) is 10.2. The molecule has 18 heavy (non-hydrogen) atoms. The molecule has 5 heteroatoms. The van der Waals surface area contributed by atoms with Crippen LogP contribution in [0.3, 0.4) is 0 Å². The Balaban J connectivity index is 2.26. The van der Waals surface area contributed by atoms with Gasteiger partial charge in [-0.25, -0.2) is 8.78 Å². The molecule has 1 aliphatic rings. The predicted octanol–water partition coefficient (Wildman–Crippen LogP) is 3.71. The monoisotopic (exact) mass is 275 g/mol. The van der Waals surface area contributed by atoms with Crippen LogP contribution in [0.2, 0.25) is 5.02 Å². The number of ether oxygens (including phenoxy) is 1. The van der Waals surface area contributed by atoms with Gasteiger partial charge in [-0.2, -0.15) is 0 Å². The summed E-state index contributed by atoms with van der Waals surface area (Å²) in [5, 5.41) is 0.492. The SMILES string of the molecule is COc1cc(C2(N)CCC(F)(F)CC2)ccc1Cl. The highest BCUT2D eigenvalue weighted by atomic mass is 35.5. The molecular formula is C13H16ClF2NO. The van der Waals surface area contributed by atoms with Crippen molar-refractivity contribution in [3.8, 4) is 5.75 Å². The molecule has 1 aromatic rings. The summed E-state index contributed by atoms with van der Waals surface area (Å²) in [6.45, 7) is 0. The number of nitrogens with two attached hydrogens (primary N) is 1. The molecule has 0 unspecified atom stereocenters. The summed E-state index contributed by atoms with van der Waals surface area (Å²) < 4.78 is 31.5. The first-order valence-corrected chi connectivity index (χ1v) is 6.25. The maximum absolute atomic E-state index is 13.2. The maximum atomic E-state index is 13.2. The highest BCUT2D eigenvalue weighted by Crippen LogP contribution is 2.43. The predicted molar refractivity (Wildman–Crippen MR) is 67.3 cm³/mol. The molecule has 1 fully saturated rings. The quantitative estimate of drug-likeness (QED) is 0.893. The Kier molecular flexibility index (Phi) is 3.52. The largest absolute Gasteiger partial charge is 0.495 e. The van der Waals surface area contributed by atoms with Gasteiger partial charge in [0.05, 0.1) is 12.1 Å². The van der Waals surface area contributed by atoms with Gasteiger partial charge in [0.15, 0.2) is 0 Å². The lowest BCUT2D eigenvalue weighted by molar-refractivity contribution is -0.0514. The number of halogens is 3. The van der Waals surface area contributed by atoms with Gasteiger partial charge in [-0.05, 0) is 30.5 Å². The van der Waals surface area contributed by atoms with Gasteiger partial charge in [0.1, 0.15) is 5.75 Å². The molecule has 0 spiro atoms. The minimum absolute atomic E-state index is 0.172. The second kappa shape index (κ2) is 4.67. The summed E-state index contributed by atoms with van der Waals surface area (Å²) in [6, 6.07) is 5.22. The van der Waals surface area contributed by atoms with E-state index in [9.17, 15) is 8.78 Å². The van der Waals surface area contributed by atoms with E-state index in [1.54, 1.807) is 18.2 Å². The summed E-state index contributed by atoms with van der Waals surface area (Å²) in [6.07, 6.45) is 0.193. The average Bonchev–Trinajstić information content (AvgIpc) is 2.34. The van der Waals surface area contributed by atoms with E-state index in [0.29, 0.717) is 10.8 Å². The molecule has 0 aliphatic heterocycles. The van der Waals surface area contributed by atoms with Crippen LogP contribution in [0.1, 0.15) is 31.2 Å². The van der Waals surface area contributed by atoms with Crippen molar-refractivity contribution in [2.24, 2.45) is 5.73 Å². The highest BCUT2D eigenvalue weighted by molar-refractivity contribution is 6.32. The molecule has 2 rings (SSSR count). The van der Waals surface area contributed by atoms with E-state index in [1.165, 1.54) is 7.11 Å². The molecule has 0 aromatic heterocycles. The van der Waals surface area contributed by atoms with Crippen molar-refractivity contribution in [2.45, 2.75) is 37.1 Å². The maximum Gasteiger partial charge on any atom is 0.248 e. The van der Waals surface area contributed by atoms with E-state index in [1.807, 2.05) is 0 Å². The molecule has 0 atom stereocenters. The second-order valence-electron chi connectivity index (χ2n) is 4.86. The molecule has 1 saturated carbocycles. The first-order chi connectivity index (χ1) is 8.36. The summed E-state index contributed by atoms with van der Waals surface area (Å²) >= 11 is 5.94. The summed E-state index contributed by atoms with van der Waals surface area (Å²) in [7, 11) is 1.52. The van der Waals surface area contributed by atoms with Crippen molar-refractivity contribution >= 4 is 11.6 Å². The van der Waals surface area contributed by atoms with E-state index in [0.717, 1.165) is 5.56 Å². The van der Waals surface area contributed by atoms with E-state index in [-0.39, 0.29) is 25.7 Å². The molecule has 0 bridgehead atoms. The third kappa shape index (κ3) is 2.59. The van der Waals surface area contributed by atoms with Crippen LogP contribution in [0.25, 0.3) is 0 Å². The third-order valence-electron chi connectivity index (χ3n) is 3.60. The van der Waals surface area contributed by atoms with E-state index >= 15 is 0 Å². The lowest BCUT2D eigenvalue weighted by Gasteiger charge is -2.37. The Morgan fingerprint density at radius 2 is 1.83 bits per heavy atom. The van der Waals surface area contributed by atoms with Gasteiger partial charge in [-0.3, -0.25) is 0 Å². The average molecular weight is 276 g/mol. The summed E-state index contributed by atoms with van der Waals surface area (Å²) in [5.74, 6) is -2.06. The second-order valence-corrected chi connectivity index (χ2v) is 5.27. The van der Waals surface area contributed by atoms with Gasteiger partial charge < -0.3 is 10.5 Å². The normalized spacial score (nSPS) is 21.6. The van der Waals surface area contributed by atoms with Crippen LogP contribution in [0.15, 0.2) is 18.2 Å². The Labute approximate surface area is 110 Å². The number of hydrogen-bond acceptors (Lipinski definition) is 2. The fraction of sp³-hybridized carbons (Fsp3) is 0.538. The van der Waals surface area contributed by atoms with Crippen LogP contribution in [0.4, 0.5) is 8.78 Å². The van der Waals surface area contributed by atoms with E-state index in [2.05, 4.69) is 0 Å². The summed E-state index contributed by atoms with van der Waals surface area (Å²) in [5.41, 5.74) is 6.34. The molecule has 0 saturated heterocycles. The van der Waals surface area contributed by atoms with Crippen molar-refractivity contribution in [2.75, 3.05) is 7.11 Å².